The van der Waals surface area contributed by atoms with Crippen LogP contribution in [-0.2, 0) is 6.54 Å². The predicted octanol–water partition coefficient (Wildman–Crippen LogP) is 6.57. The average molecular weight is 460 g/mol. The second kappa shape index (κ2) is 7.87. The Balaban J connectivity index is 2.04. The number of aromatic nitrogens is 4. The van der Waals surface area contributed by atoms with Crippen LogP contribution < -0.4 is 4.74 Å². The third-order valence-electron chi connectivity index (χ3n) is 3.45. The standard InChI is InChI=1S/C15H9Cl4F3N4O/c16-7-5-23-14(24-6-7)27-12-9(18)4-8(17)10-11(12)26(25-13(10)19)3-1-2-15(20,21)22/h4-6H,1-3H2. The van der Waals surface area contributed by atoms with Crippen LogP contribution in [0.4, 0.5) is 13.2 Å². The Labute approximate surface area is 170 Å². The fourth-order valence-corrected chi connectivity index (χ4v) is 3.38. The largest absolute Gasteiger partial charge is 0.420 e. The van der Waals surface area contributed by atoms with Crippen molar-refractivity contribution in [1.29, 1.82) is 0 Å². The summed E-state index contributed by atoms with van der Waals surface area (Å²) in [5.74, 6) is 0.0739. The molecule has 0 aliphatic carbocycles. The molecular weight excluding hydrogens is 451 g/mol. The minimum absolute atomic E-state index is 0.0144. The summed E-state index contributed by atoms with van der Waals surface area (Å²) in [5, 5.41) is 4.96. The molecule has 2 heterocycles. The lowest BCUT2D eigenvalue weighted by atomic mass is 10.2. The van der Waals surface area contributed by atoms with Gasteiger partial charge in [0.1, 0.15) is 5.52 Å². The van der Waals surface area contributed by atoms with Crippen molar-refractivity contribution in [2.45, 2.75) is 25.6 Å². The third kappa shape index (κ3) is 4.68. The molecule has 0 aliphatic heterocycles. The Morgan fingerprint density at radius 3 is 2.33 bits per heavy atom. The van der Waals surface area contributed by atoms with E-state index in [1.165, 1.54) is 23.1 Å². The minimum atomic E-state index is -4.28. The maximum atomic E-state index is 12.5. The van der Waals surface area contributed by atoms with E-state index in [9.17, 15) is 13.2 Å². The molecule has 0 saturated heterocycles. The van der Waals surface area contributed by atoms with Gasteiger partial charge >= 0.3 is 12.2 Å². The van der Waals surface area contributed by atoms with Gasteiger partial charge in [0.15, 0.2) is 10.9 Å². The molecule has 144 valence electrons. The van der Waals surface area contributed by atoms with Crippen molar-refractivity contribution >= 4 is 57.3 Å². The molecule has 0 spiro atoms. The smallest absolute Gasteiger partial charge is 0.389 e. The highest BCUT2D eigenvalue weighted by molar-refractivity contribution is 6.44. The van der Waals surface area contributed by atoms with Gasteiger partial charge in [-0.15, -0.1) is 0 Å². The highest BCUT2D eigenvalue weighted by Gasteiger charge is 2.27. The van der Waals surface area contributed by atoms with E-state index >= 15 is 0 Å². The number of nitrogens with zero attached hydrogens (tertiary/aromatic N) is 4. The van der Waals surface area contributed by atoms with E-state index in [-0.39, 0.29) is 45.4 Å². The lowest BCUT2D eigenvalue weighted by Gasteiger charge is -2.11. The first-order valence-electron chi connectivity index (χ1n) is 7.42. The average Bonchev–Trinajstić information content (AvgIpc) is 2.89. The highest BCUT2D eigenvalue weighted by Crippen LogP contribution is 2.42. The van der Waals surface area contributed by atoms with Crippen molar-refractivity contribution in [3.63, 3.8) is 0 Å². The van der Waals surface area contributed by atoms with Gasteiger partial charge in [0.05, 0.1) is 32.8 Å². The molecule has 2 aromatic heterocycles. The van der Waals surface area contributed by atoms with Crippen LogP contribution in [0.1, 0.15) is 12.8 Å². The Bertz CT molecular complexity index is 976. The molecule has 0 aliphatic rings. The third-order valence-corrected chi connectivity index (χ3v) is 4.49. The molecule has 0 fully saturated rings. The van der Waals surface area contributed by atoms with Crippen LogP contribution in [-0.4, -0.2) is 25.9 Å². The number of aryl methyl sites for hydroxylation is 1. The minimum Gasteiger partial charge on any atom is -0.420 e. The van der Waals surface area contributed by atoms with Crippen molar-refractivity contribution in [3.05, 3.63) is 38.7 Å². The van der Waals surface area contributed by atoms with Gasteiger partial charge in [-0.2, -0.15) is 18.3 Å². The Morgan fingerprint density at radius 2 is 1.70 bits per heavy atom. The number of hydrogen-bond acceptors (Lipinski definition) is 4. The molecule has 0 amide bonds. The number of fused-ring (bicyclic) bond motifs is 1. The molecule has 3 rings (SSSR count). The maximum Gasteiger partial charge on any atom is 0.389 e. The second-order valence-electron chi connectivity index (χ2n) is 5.41. The zero-order valence-corrected chi connectivity index (χ0v) is 16.2. The summed E-state index contributed by atoms with van der Waals surface area (Å²) in [5.41, 5.74) is 0.248. The van der Waals surface area contributed by atoms with E-state index in [2.05, 4.69) is 15.1 Å². The molecule has 0 atom stereocenters. The lowest BCUT2D eigenvalue weighted by Crippen LogP contribution is -2.10. The normalized spacial score (nSPS) is 12.0. The summed E-state index contributed by atoms with van der Waals surface area (Å²) >= 11 is 24.2. The zero-order valence-electron chi connectivity index (χ0n) is 13.2. The number of rotatable bonds is 5. The van der Waals surface area contributed by atoms with Crippen molar-refractivity contribution in [1.82, 2.24) is 19.7 Å². The molecule has 0 unspecified atom stereocenters. The van der Waals surface area contributed by atoms with Gasteiger partial charge in [-0.1, -0.05) is 46.4 Å². The molecule has 0 radical (unpaired) electrons. The molecule has 0 N–H and O–H groups in total. The van der Waals surface area contributed by atoms with Crippen molar-refractivity contribution < 1.29 is 17.9 Å². The molecular formula is C15H9Cl4F3N4O. The molecule has 0 saturated carbocycles. The second-order valence-corrected chi connectivity index (χ2v) is 7.02. The van der Waals surface area contributed by atoms with Gasteiger partial charge in [0.2, 0.25) is 0 Å². The van der Waals surface area contributed by atoms with Gasteiger partial charge in [-0.05, 0) is 12.5 Å². The lowest BCUT2D eigenvalue weighted by molar-refractivity contribution is -0.135. The van der Waals surface area contributed by atoms with Crippen LogP contribution in [0.15, 0.2) is 18.5 Å². The maximum absolute atomic E-state index is 12.5. The monoisotopic (exact) mass is 458 g/mol. The first kappa shape index (κ1) is 20.3. The summed E-state index contributed by atoms with van der Waals surface area (Å²) in [4.78, 5) is 7.81. The predicted molar refractivity (Wildman–Crippen MR) is 97.2 cm³/mol. The first-order valence-corrected chi connectivity index (χ1v) is 8.93. The van der Waals surface area contributed by atoms with Crippen LogP contribution in [0.2, 0.25) is 20.2 Å². The van der Waals surface area contributed by atoms with E-state index < -0.39 is 12.6 Å². The number of hydrogen-bond donors (Lipinski definition) is 0. The van der Waals surface area contributed by atoms with Crippen molar-refractivity contribution in [2.24, 2.45) is 0 Å². The number of ether oxygens (including phenoxy) is 1. The Hall–Kier alpha value is -1.48. The van der Waals surface area contributed by atoms with Crippen LogP contribution in [0.5, 0.6) is 11.8 Å². The van der Waals surface area contributed by atoms with E-state index in [4.69, 9.17) is 51.1 Å². The quantitative estimate of drug-likeness (QED) is 0.432. The SMILES string of the molecule is FC(F)(F)CCCn1nc(Cl)c2c(Cl)cc(Cl)c(Oc3ncc(Cl)cn3)c21. The van der Waals surface area contributed by atoms with E-state index in [0.29, 0.717) is 10.4 Å². The van der Waals surface area contributed by atoms with Gasteiger partial charge in [0, 0.05) is 13.0 Å². The molecule has 0 bridgehead atoms. The van der Waals surface area contributed by atoms with Crippen LogP contribution in [0, 0.1) is 0 Å². The molecule has 3 aromatic rings. The molecule has 1 aromatic carbocycles. The summed E-state index contributed by atoms with van der Waals surface area (Å²) in [6.45, 7) is -0.0722. The van der Waals surface area contributed by atoms with Crippen molar-refractivity contribution in [3.8, 4) is 11.8 Å². The van der Waals surface area contributed by atoms with Crippen LogP contribution in [0.25, 0.3) is 10.9 Å². The van der Waals surface area contributed by atoms with Gasteiger partial charge in [0.25, 0.3) is 0 Å². The zero-order chi connectivity index (χ0) is 19.8. The van der Waals surface area contributed by atoms with Gasteiger partial charge < -0.3 is 4.74 Å². The first-order chi connectivity index (χ1) is 12.7. The molecule has 27 heavy (non-hydrogen) atoms. The molecule has 5 nitrogen and oxygen atoms in total. The van der Waals surface area contributed by atoms with Crippen LogP contribution >= 0.6 is 46.4 Å². The highest BCUT2D eigenvalue weighted by atomic mass is 35.5. The van der Waals surface area contributed by atoms with Crippen molar-refractivity contribution in [2.75, 3.05) is 0 Å². The van der Waals surface area contributed by atoms with Crippen LogP contribution in [0.3, 0.4) is 0 Å². The van der Waals surface area contributed by atoms with E-state index in [1.54, 1.807) is 0 Å². The fraction of sp³-hybridized carbons (Fsp3) is 0.267. The topological polar surface area (TPSA) is 52.8 Å². The number of benzene rings is 1. The number of alkyl halides is 3. The van der Waals surface area contributed by atoms with E-state index in [1.807, 2.05) is 0 Å². The summed E-state index contributed by atoms with van der Waals surface area (Å²) in [6.07, 6.45) is -2.83. The van der Waals surface area contributed by atoms with Gasteiger partial charge in [-0.3, -0.25) is 4.68 Å². The summed E-state index contributed by atoms with van der Waals surface area (Å²) in [6, 6.07) is 1.33. The molecule has 12 heteroatoms. The Morgan fingerprint density at radius 1 is 1.04 bits per heavy atom. The fourth-order valence-electron chi connectivity index (χ4n) is 2.37. The summed E-state index contributed by atoms with van der Waals surface area (Å²) in [7, 11) is 0. The number of halogens is 7. The van der Waals surface area contributed by atoms with Gasteiger partial charge in [-0.25, -0.2) is 9.97 Å². The van der Waals surface area contributed by atoms with E-state index in [0.717, 1.165) is 0 Å². The Kier molecular flexibility index (Phi) is 5.90. The summed E-state index contributed by atoms with van der Waals surface area (Å²) < 4.78 is 44.3.